The number of halogens is 1. The fourth-order valence-corrected chi connectivity index (χ4v) is 3.98. The number of benzene rings is 1. The van der Waals surface area contributed by atoms with Crippen molar-refractivity contribution in [2.45, 2.75) is 38.4 Å². The lowest BCUT2D eigenvalue weighted by Crippen LogP contribution is -2.35. The quantitative estimate of drug-likeness (QED) is 0.691. The number of hydrogen-bond acceptors (Lipinski definition) is 5. The minimum Gasteiger partial charge on any atom is -0.317 e. The molecule has 1 saturated heterocycles. The molecule has 1 aliphatic heterocycles. The van der Waals surface area contributed by atoms with E-state index in [4.69, 9.17) is 11.6 Å². The lowest BCUT2D eigenvalue weighted by Gasteiger charge is -2.31. The average molecular weight is 397 g/mol. The van der Waals surface area contributed by atoms with Gasteiger partial charge in [-0.3, -0.25) is 9.88 Å². The normalized spacial score (nSPS) is 17.6. The Morgan fingerprint density at radius 2 is 2.11 bits per heavy atom. The summed E-state index contributed by atoms with van der Waals surface area (Å²) in [5.41, 5.74) is 3.25. The summed E-state index contributed by atoms with van der Waals surface area (Å²) in [7, 11) is 0. The summed E-state index contributed by atoms with van der Waals surface area (Å²) in [5, 5.41) is 8.53. The molecule has 0 aliphatic carbocycles. The van der Waals surface area contributed by atoms with Gasteiger partial charge in [-0.2, -0.15) is 5.10 Å². The topological polar surface area (TPSA) is 58.9 Å². The van der Waals surface area contributed by atoms with E-state index in [0.29, 0.717) is 11.1 Å². The number of nitrogens with one attached hydrogen (secondary N) is 1. The molecule has 0 radical (unpaired) electrons. The smallest absolute Gasteiger partial charge is 0.138 e. The first-order valence-electron chi connectivity index (χ1n) is 9.78. The van der Waals surface area contributed by atoms with Crippen molar-refractivity contribution < 1.29 is 0 Å². The van der Waals surface area contributed by atoms with Crippen molar-refractivity contribution in [1.29, 1.82) is 0 Å². The van der Waals surface area contributed by atoms with Crippen molar-refractivity contribution in [1.82, 2.24) is 30.0 Å². The molecule has 1 N–H and O–H groups in total. The minimum absolute atomic E-state index is 0.510. The SMILES string of the molecule is Clc1ccc(CN(Cc2ccccn2)C2CCCNCC2)c(-n2cncn2)c1. The highest BCUT2D eigenvalue weighted by Crippen LogP contribution is 2.24. The van der Waals surface area contributed by atoms with Gasteiger partial charge in [0, 0.05) is 30.4 Å². The molecule has 0 amide bonds. The summed E-state index contributed by atoms with van der Waals surface area (Å²) < 4.78 is 1.79. The van der Waals surface area contributed by atoms with Crippen LogP contribution < -0.4 is 5.32 Å². The largest absolute Gasteiger partial charge is 0.317 e. The second-order valence-electron chi connectivity index (χ2n) is 7.17. The van der Waals surface area contributed by atoms with Crippen LogP contribution in [-0.2, 0) is 13.1 Å². The first kappa shape index (κ1) is 19.1. The molecule has 2 aromatic heterocycles. The van der Waals surface area contributed by atoms with Crippen LogP contribution in [0.2, 0.25) is 5.02 Å². The van der Waals surface area contributed by atoms with Gasteiger partial charge in [-0.1, -0.05) is 23.7 Å². The monoisotopic (exact) mass is 396 g/mol. The Balaban J connectivity index is 1.63. The van der Waals surface area contributed by atoms with E-state index in [2.05, 4.69) is 43.5 Å². The predicted molar refractivity (Wildman–Crippen MR) is 110 cm³/mol. The van der Waals surface area contributed by atoms with E-state index in [1.54, 1.807) is 17.3 Å². The van der Waals surface area contributed by atoms with Gasteiger partial charge >= 0.3 is 0 Å². The van der Waals surface area contributed by atoms with E-state index < -0.39 is 0 Å². The Hall–Kier alpha value is -2.28. The maximum atomic E-state index is 6.28. The van der Waals surface area contributed by atoms with Gasteiger partial charge in [0.15, 0.2) is 0 Å². The summed E-state index contributed by atoms with van der Waals surface area (Å²) in [6.07, 6.45) is 8.65. The zero-order valence-corrected chi connectivity index (χ0v) is 16.6. The number of aromatic nitrogens is 4. The molecule has 28 heavy (non-hydrogen) atoms. The molecule has 7 heteroatoms. The molecule has 1 aromatic carbocycles. The molecule has 146 valence electrons. The third kappa shape index (κ3) is 4.76. The molecule has 1 fully saturated rings. The molecular formula is C21H25ClN6. The van der Waals surface area contributed by atoms with Gasteiger partial charge in [0.1, 0.15) is 12.7 Å². The maximum absolute atomic E-state index is 6.28. The predicted octanol–water partition coefficient (Wildman–Crippen LogP) is 3.46. The molecule has 0 bridgehead atoms. The third-order valence-electron chi connectivity index (χ3n) is 5.24. The van der Waals surface area contributed by atoms with Gasteiger partial charge < -0.3 is 5.32 Å². The number of nitrogens with zero attached hydrogens (tertiary/aromatic N) is 5. The lowest BCUT2D eigenvalue weighted by atomic mass is 10.0. The molecule has 1 unspecified atom stereocenters. The van der Waals surface area contributed by atoms with Gasteiger partial charge in [0.2, 0.25) is 0 Å². The first-order valence-corrected chi connectivity index (χ1v) is 10.2. The van der Waals surface area contributed by atoms with E-state index in [0.717, 1.165) is 44.0 Å². The zero-order chi connectivity index (χ0) is 19.2. The maximum Gasteiger partial charge on any atom is 0.138 e. The van der Waals surface area contributed by atoms with E-state index in [9.17, 15) is 0 Å². The highest BCUT2D eigenvalue weighted by atomic mass is 35.5. The van der Waals surface area contributed by atoms with Gasteiger partial charge in [-0.15, -0.1) is 0 Å². The fourth-order valence-electron chi connectivity index (χ4n) is 3.82. The van der Waals surface area contributed by atoms with Crippen molar-refractivity contribution in [3.05, 3.63) is 71.5 Å². The Morgan fingerprint density at radius 1 is 1.14 bits per heavy atom. The molecule has 4 rings (SSSR count). The summed E-state index contributed by atoms with van der Waals surface area (Å²) >= 11 is 6.28. The van der Waals surface area contributed by atoms with Crippen molar-refractivity contribution in [3.8, 4) is 5.69 Å². The highest BCUT2D eigenvalue weighted by molar-refractivity contribution is 6.30. The van der Waals surface area contributed by atoms with Gasteiger partial charge in [0.05, 0.1) is 11.4 Å². The molecule has 1 aliphatic rings. The average Bonchev–Trinajstić information content (AvgIpc) is 3.12. The van der Waals surface area contributed by atoms with Gasteiger partial charge in [-0.05, 0) is 62.2 Å². The minimum atomic E-state index is 0.510. The van der Waals surface area contributed by atoms with Crippen LogP contribution in [0.15, 0.2) is 55.2 Å². The van der Waals surface area contributed by atoms with E-state index in [1.807, 2.05) is 24.4 Å². The fraction of sp³-hybridized carbons (Fsp3) is 0.381. The van der Waals surface area contributed by atoms with Crippen LogP contribution in [0, 0.1) is 0 Å². The Morgan fingerprint density at radius 3 is 2.93 bits per heavy atom. The second-order valence-corrected chi connectivity index (χ2v) is 7.61. The summed E-state index contributed by atoms with van der Waals surface area (Å²) in [5.74, 6) is 0. The van der Waals surface area contributed by atoms with Crippen molar-refractivity contribution in [2.75, 3.05) is 13.1 Å². The van der Waals surface area contributed by atoms with Crippen LogP contribution in [-0.4, -0.2) is 43.8 Å². The van der Waals surface area contributed by atoms with Crippen LogP contribution in [0.5, 0.6) is 0 Å². The van der Waals surface area contributed by atoms with Crippen LogP contribution in [0.25, 0.3) is 5.69 Å². The molecule has 3 aromatic rings. The van der Waals surface area contributed by atoms with Crippen LogP contribution in [0.3, 0.4) is 0 Å². The molecular weight excluding hydrogens is 372 g/mol. The second kappa shape index (κ2) is 9.28. The van der Waals surface area contributed by atoms with E-state index in [-0.39, 0.29) is 0 Å². The van der Waals surface area contributed by atoms with E-state index in [1.165, 1.54) is 18.4 Å². The van der Waals surface area contributed by atoms with Crippen LogP contribution >= 0.6 is 11.6 Å². The van der Waals surface area contributed by atoms with Gasteiger partial charge in [-0.25, -0.2) is 9.67 Å². The molecule has 6 nitrogen and oxygen atoms in total. The number of rotatable bonds is 6. The summed E-state index contributed by atoms with van der Waals surface area (Å²) in [4.78, 5) is 11.2. The molecule has 3 heterocycles. The Kier molecular flexibility index (Phi) is 6.31. The standard InChI is InChI=1S/C21H25ClN6/c22-18-7-6-17(21(12-18)28-16-24-15-26-28)13-27(14-19-4-1-2-10-25-19)20-5-3-9-23-11-8-20/h1-2,4,6-7,10,12,15-16,20,23H,3,5,8-9,11,13-14H2. The number of pyridine rings is 1. The zero-order valence-electron chi connectivity index (χ0n) is 15.8. The van der Waals surface area contributed by atoms with Gasteiger partial charge in [0.25, 0.3) is 0 Å². The highest BCUT2D eigenvalue weighted by Gasteiger charge is 2.22. The van der Waals surface area contributed by atoms with Crippen molar-refractivity contribution in [3.63, 3.8) is 0 Å². The number of hydrogen-bond donors (Lipinski definition) is 1. The lowest BCUT2D eigenvalue weighted by molar-refractivity contribution is 0.162. The summed E-state index contributed by atoms with van der Waals surface area (Å²) in [6, 6.07) is 12.6. The Labute approximate surface area is 170 Å². The third-order valence-corrected chi connectivity index (χ3v) is 5.47. The van der Waals surface area contributed by atoms with E-state index >= 15 is 0 Å². The molecule has 0 saturated carbocycles. The Bertz CT molecular complexity index is 860. The van der Waals surface area contributed by atoms with Crippen LogP contribution in [0.1, 0.15) is 30.5 Å². The van der Waals surface area contributed by atoms with Crippen molar-refractivity contribution in [2.24, 2.45) is 0 Å². The summed E-state index contributed by atoms with van der Waals surface area (Å²) in [6.45, 7) is 3.79. The molecule has 0 spiro atoms. The molecule has 1 atom stereocenters. The van der Waals surface area contributed by atoms with Crippen LogP contribution in [0.4, 0.5) is 0 Å². The van der Waals surface area contributed by atoms with Crippen molar-refractivity contribution >= 4 is 11.6 Å². The first-order chi connectivity index (χ1) is 13.8.